The number of carbonyl (C=O) groups is 2. The Bertz CT molecular complexity index is 505. The molecule has 0 radical (unpaired) electrons. The molecule has 1 fully saturated rings. The number of hydrogen-bond acceptors (Lipinski definition) is 2. The second-order valence-electron chi connectivity index (χ2n) is 5.92. The van der Waals surface area contributed by atoms with Gasteiger partial charge in [-0.3, -0.25) is 4.79 Å². The fourth-order valence-corrected chi connectivity index (χ4v) is 2.86. The Morgan fingerprint density at radius 3 is 2.16 bits per heavy atom. The van der Waals surface area contributed by atoms with Crippen LogP contribution in [0.25, 0.3) is 0 Å². The predicted molar refractivity (Wildman–Crippen MR) is 72.3 cm³/mol. The van der Waals surface area contributed by atoms with E-state index in [4.69, 9.17) is 5.11 Å². The topological polar surface area (TPSA) is 57.6 Å². The van der Waals surface area contributed by atoms with E-state index in [0.29, 0.717) is 11.5 Å². The molecular formula is C15H19NO3. The first-order valence-electron chi connectivity index (χ1n) is 6.46. The molecule has 0 bridgehead atoms. The fraction of sp³-hybridized carbons (Fsp3) is 0.467. The van der Waals surface area contributed by atoms with Crippen molar-refractivity contribution in [3.8, 4) is 0 Å². The van der Waals surface area contributed by atoms with Crippen molar-refractivity contribution in [1.29, 1.82) is 0 Å². The lowest BCUT2D eigenvalue weighted by molar-refractivity contribution is 0.0646. The van der Waals surface area contributed by atoms with Gasteiger partial charge in [-0.25, -0.2) is 4.79 Å². The summed E-state index contributed by atoms with van der Waals surface area (Å²) in [4.78, 5) is 25.1. The molecule has 2 rings (SSSR count). The molecule has 0 spiro atoms. The van der Waals surface area contributed by atoms with E-state index in [1.54, 1.807) is 12.1 Å². The molecule has 0 aliphatic carbocycles. The molecule has 1 amide bonds. The Labute approximate surface area is 113 Å². The minimum absolute atomic E-state index is 0.0220. The van der Waals surface area contributed by atoms with Crippen LogP contribution in [0.5, 0.6) is 0 Å². The summed E-state index contributed by atoms with van der Waals surface area (Å²) < 4.78 is 0. The molecule has 1 unspecified atom stereocenters. The lowest BCUT2D eigenvalue weighted by Gasteiger charge is -2.31. The molecule has 0 saturated carbocycles. The van der Waals surface area contributed by atoms with Gasteiger partial charge in [0.2, 0.25) is 0 Å². The monoisotopic (exact) mass is 261 g/mol. The van der Waals surface area contributed by atoms with Crippen LogP contribution in [-0.4, -0.2) is 34.0 Å². The second-order valence-corrected chi connectivity index (χ2v) is 5.92. The molecule has 1 atom stereocenters. The highest BCUT2D eigenvalue weighted by molar-refractivity contribution is 5.96. The van der Waals surface area contributed by atoms with Crippen molar-refractivity contribution in [2.45, 2.75) is 32.7 Å². The molecule has 1 saturated heterocycles. The first-order chi connectivity index (χ1) is 8.81. The van der Waals surface area contributed by atoms with Gasteiger partial charge < -0.3 is 10.0 Å². The third-order valence-electron chi connectivity index (χ3n) is 3.70. The summed E-state index contributed by atoms with van der Waals surface area (Å²) in [5.41, 5.74) is 0.611. The number of likely N-dealkylation sites (tertiary alicyclic amines) is 1. The number of benzene rings is 1. The Balaban J connectivity index is 2.22. The molecular weight excluding hydrogens is 242 g/mol. The van der Waals surface area contributed by atoms with Gasteiger partial charge in [-0.2, -0.15) is 0 Å². The van der Waals surface area contributed by atoms with Gasteiger partial charge in [0.25, 0.3) is 5.91 Å². The quantitative estimate of drug-likeness (QED) is 0.890. The second kappa shape index (κ2) is 4.68. The molecule has 4 heteroatoms. The number of aromatic carboxylic acids is 1. The largest absolute Gasteiger partial charge is 0.478 e. The van der Waals surface area contributed by atoms with Gasteiger partial charge in [-0.15, -0.1) is 0 Å². The van der Waals surface area contributed by atoms with Crippen molar-refractivity contribution in [3.05, 3.63) is 35.4 Å². The summed E-state index contributed by atoms with van der Waals surface area (Å²) in [5.74, 6) is -0.502. The first kappa shape index (κ1) is 13.6. The summed E-state index contributed by atoms with van der Waals surface area (Å²) in [7, 11) is 0. The molecule has 1 aliphatic heterocycles. The zero-order valence-corrected chi connectivity index (χ0v) is 11.5. The van der Waals surface area contributed by atoms with Gasteiger partial charge in [0.15, 0.2) is 0 Å². The Morgan fingerprint density at radius 1 is 1.21 bits per heavy atom. The van der Waals surface area contributed by atoms with Crippen molar-refractivity contribution in [2.24, 2.45) is 5.92 Å². The van der Waals surface area contributed by atoms with Crippen LogP contribution in [0.15, 0.2) is 24.3 Å². The van der Waals surface area contributed by atoms with E-state index in [-0.39, 0.29) is 17.0 Å². The van der Waals surface area contributed by atoms with Gasteiger partial charge >= 0.3 is 5.97 Å². The maximum absolute atomic E-state index is 12.5. The third kappa shape index (κ3) is 2.62. The fourth-order valence-electron chi connectivity index (χ4n) is 2.86. The highest BCUT2D eigenvalue weighted by atomic mass is 16.4. The van der Waals surface area contributed by atoms with E-state index >= 15 is 0 Å². The maximum Gasteiger partial charge on any atom is 0.335 e. The number of carboxylic acid groups (broad SMARTS) is 1. The number of hydrogen-bond donors (Lipinski definition) is 1. The van der Waals surface area contributed by atoms with Crippen LogP contribution in [0.3, 0.4) is 0 Å². The van der Waals surface area contributed by atoms with E-state index in [1.165, 1.54) is 12.1 Å². The molecule has 1 aromatic rings. The Hall–Kier alpha value is -1.84. The van der Waals surface area contributed by atoms with Crippen LogP contribution in [0.2, 0.25) is 0 Å². The summed E-state index contributed by atoms with van der Waals surface area (Å²) in [6, 6.07) is 6.12. The average Bonchev–Trinajstić information content (AvgIpc) is 2.61. The molecule has 1 heterocycles. The molecule has 19 heavy (non-hydrogen) atoms. The normalized spacial score (nSPS) is 21.4. The standard InChI is InChI=1S/C15H19NO3/c1-10-8-15(2,3)16(9-10)13(17)11-4-6-12(7-5-11)14(18)19/h4-7,10H,8-9H2,1-3H3,(H,18,19). The molecule has 1 aliphatic rings. The zero-order chi connectivity index (χ0) is 14.2. The van der Waals surface area contributed by atoms with Gasteiger partial charge in [-0.1, -0.05) is 6.92 Å². The van der Waals surface area contributed by atoms with E-state index in [2.05, 4.69) is 20.8 Å². The molecule has 1 N–H and O–H groups in total. The summed E-state index contributed by atoms with van der Waals surface area (Å²) in [6.07, 6.45) is 0.992. The van der Waals surface area contributed by atoms with Crippen LogP contribution in [-0.2, 0) is 0 Å². The van der Waals surface area contributed by atoms with E-state index in [1.807, 2.05) is 4.90 Å². The van der Waals surface area contributed by atoms with Gasteiger partial charge in [-0.05, 0) is 50.5 Å². The maximum atomic E-state index is 12.5. The van der Waals surface area contributed by atoms with E-state index < -0.39 is 5.97 Å². The van der Waals surface area contributed by atoms with Gasteiger partial charge in [0.05, 0.1) is 5.56 Å². The molecule has 0 aromatic heterocycles. The van der Waals surface area contributed by atoms with Crippen LogP contribution < -0.4 is 0 Å². The lowest BCUT2D eigenvalue weighted by atomic mass is 9.97. The minimum atomic E-state index is -0.978. The predicted octanol–water partition coefficient (Wildman–Crippen LogP) is 2.65. The van der Waals surface area contributed by atoms with Crippen molar-refractivity contribution in [1.82, 2.24) is 4.90 Å². The van der Waals surface area contributed by atoms with Crippen molar-refractivity contribution in [2.75, 3.05) is 6.54 Å². The Kier molecular flexibility index (Phi) is 3.35. The lowest BCUT2D eigenvalue weighted by Crippen LogP contribution is -2.42. The Morgan fingerprint density at radius 2 is 1.74 bits per heavy atom. The highest BCUT2D eigenvalue weighted by Gasteiger charge is 2.39. The zero-order valence-electron chi connectivity index (χ0n) is 11.5. The minimum Gasteiger partial charge on any atom is -0.478 e. The van der Waals surface area contributed by atoms with Crippen LogP contribution in [0.4, 0.5) is 0 Å². The number of nitrogens with zero attached hydrogens (tertiary/aromatic N) is 1. The number of rotatable bonds is 2. The van der Waals surface area contributed by atoms with Crippen molar-refractivity contribution in [3.63, 3.8) is 0 Å². The smallest absolute Gasteiger partial charge is 0.335 e. The summed E-state index contributed by atoms with van der Waals surface area (Å²) >= 11 is 0. The van der Waals surface area contributed by atoms with Gasteiger partial charge in [0.1, 0.15) is 0 Å². The van der Waals surface area contributed by atoms with E-state index in [0.717, 1.165) is 13.0 Å². The van der Waals surface area contributed by atoms with Crippen LogP contribution >= 0.6 is 0 Å². The van der Waals surface area contributed by atoms with E-state index in [9.17, 15) is 9.59 Å². The SMILES string of the molecule is CC1CN(C(=O)c2ccc(C(=O)O)cc2)C(C)(C)C1. The molecule has 1 aromatic carbocycles. The first-order valence-corrected chi connectivity index (χ1v) is 6.46. The molecule has 102 valence electrons. The van der Waals surface area contributed by atoms with Crippen LogP contribution in [0, 0.1) is 5.92 Å². The summed E-state index contributed by atoms with van der Waals surface area (Å²) in [5, 5.41) is 8.85. The number of amides is 1. The molecule has 4 nitrogen and oxygen atoms in total. The summed E-state index contributed by atoms with van der Waals surface area (Å²) in [6.45, 7) is 7.04. The highest BCUT2D eigenvalue weighted by Crippen LogP contribution is 2.33. The van der Waals surface area contributed by atoms with Gasteiger partial charge in [0, 0.05) is 17.6 Å². The average molecular weight is 261 g/mol. The number of carbonyl (C=O) groups excluding carboxylic acids is 1. The third-order valence-corrected chi connectivity index (χ3v) is 3.70. The van der Waals surface area contributed by atoms with Crippen molar-refractivity contribution < 1.29 is 14.7 Å². The van der Waals surface area contributed by atoms with Crippen LogP contribution in [0.1, 0.15) is 47.9 Å². The van der Waals surface area contributed by atoms with Crippen molar-refractivity contribution >= 4 is 11.9 Å². The number of carboxylic acids is 1.